The van der Waals surface area contributed by atoms with E-state index in [1.165, 1.54) is 17.8 Å². The second kappa shape index (κ2) is 3.98. The summed E-state index contributed by atoms with van der Waals surface area (Å²) < 4.78 is 18.3. The van der Waals surface area contributed by atoms with Crippen LogP contribution in [0.5, 0.6) is 0 Å². The highest BCUT2D eigenvalue weighted by molar-refractivity contribution is 7.99. The van der Waals surface area contributed by atoms with E-state index in [1.54, 1.807) is 12.1 Å². The number of halogens is 1. The Balaban J connectivity index is 2.45. The van der Waals surface area contributed by atoms with Crippen molar-refractivity contribution < 1.29 is 8.91 Å². The fourth-order valence-corrected chi connectivity index (χ4v) is 1.92. The molecule has 0 bridgehead atoms. The van der Waals surface area contributed by atoms with Gasteiger partial charge in [0, 0.05) is 12.3 Å². The van der Waals surface area contributed by atoms with Gasteiger partial charge < -0.3 is 10.3 Å². The van der Waals surface area contributed by atoms with Crippen molar-refractivity contribution in [3.05, 3.63) is 24.0 Å². The highest BCUT2D eigenvalue weighted by Crippen LogP contribution is 2.28. The molecule has 2 aromatic rings. The van der Waals surface area contributed by atoms with Crippen molar-refractivity contribution in [3.8, 4) is 0 Å². The zero-order chi connectivity index (χ0) is 9.97. The van der Waals surface area contributed by atoms with Crippen LogP contribution in [0.3, 0.4) is 0 Å². The molecule has 2 N–H and O–H groups in total. The van der Waals surface area contributed by atoms with Gasteiger partial charge in [-0.3, -0.25) is 0 Å². The lowest BCUT2D eigenvalue weighted by molar-refractivity contribution is 0.437. The summed E-state index contributed by atoms with van der Waals surface area (Å²) in [5.41, 5.74) is 5.83. The average molecular weight is 212 g/mol. The molecule has 1 aromatic carbocycles. The van der Waals surface area contributed by atoms with Crippen molar-refractivity contribution in [1.29, 1.82) is 0 Å². The lowest BCUT2D eigenvalue weighted by Crippen LogP contribution is -2.00. The van der Waals surface area contributed by atoms with Crippen molar-refractivity contribution in [2.24, 2.45) is 5.73 Å². The van der Waals surface area contributed by atoms with E-state index in [-0.39, 0.29) is 5.82 Å². The largest absolute Gasteiger partial charge is 0.355 e. The molecule has 74 valence electrons. The second-order valence-electron chi connectivity index (χ2n) is 2.74. The highest BCUT2D eigenvalue weighted by Gasteiger charge is 2.12. The maximum absolute atomic E-state index is 13.4. The van der Waals surface area contributed by atoms with Gasteiger partial charge in [-0.2, -0.15) is 0 Å². The standard InChI is InChI=1S/C9H9FN2OS/c10-6-2-1-3-7-8(6)9(12-13-7)14-5-4-11/h1-3H,4-5,11H2. The molecule has 0 saturated heterocycles. The monoisotopic (exact) mass is 212 g/mol. The lowest BCUT2D eigenvalue weighted by Gasteiger charge is -1.94. The third-order valence-electron chi connectivity index (χ3n) is 1.77. The van der Waals surface area contributed by atoms with Gasteiger partial charge in [-0.25, -0.2) is 4.39 Å². The van der Waals surface area contributed by atoms with E-state index in [9.17, 15) is 4.39 Å². The van der Waals surface area contributed by atoms with Gasteiger partial charge in [0.2, 0.25) is 0 Å². The van der Waals surface area contributed by atoms with Gasteiger partial charge in [-0.15, -0.1) is 11.8 Å². The Morgan fingerprint density at radius 1 is 1.50 bits per heavy atom. The molecule has 1 heterocycles. The molecular weight excluding hydrogens is 203 g/mol. The smallest absolute Gasteiger partial charge is 0.171 e. The van der Waals surface area contributed by atoms with Gasteiger partial charge in [-0.05, 0) is 12.1 Å². The van der Waals surface area contributed by atoms with Crippen LogP contribution in [-0.2, 0) is 0 Å². The van der Waals surface area contributed by atoms with E-state index in [0.29, 0.717) is 28.3 Å². The fraction of sp³-hybridized carbons (Fsp3) is 0.222. The minimum absolute atomic E-state index is 0.303. The van der Waals surface area contributed by atoms with Crippen molar-refractivity contribution in [2.45, 2.75) is 5.03 Å². The molecule has 5 heteroatoms. The summed E-state index contributed by atoms with van der Waals surface area (Å²) in [4.78, 5) is 0. The Morgan fingerprint density at radius 3 is 3.14 bits per heavy atom. The van der Waals surface area contributed by atoms with Crippen LogP contribution < -0.4 is 5.73 Å². The molecule has 0 aliphatic heterocycles. The number of nitrogens with zero attached hydrogens (tertiary/aromatic N) is 1. The number of benzene rings is 1. The van der Waals surface area contributed by atoms with Gasteiger partial charge in [0.1, 0.15) is 5.82 Å². The molecule has 2 rings (SSSR count). The van der Waals surface area contributed by atoms with E-state index >= 15 is 0 Å². The van der Waals surface area contributed by atoms with Gasteiger partial charge in [-0.1, -0.05) is 11.2 Å². The number of hydrogen-bond donors (Lipinski definition) is 1. The zero-order valence-corrected chi connectivity index (χ0v) is 8.18. The van der Waals surface area contributed by atoms with E-state index in [4.69, 9.17) is 10.3 Å². The predicted molar refractivity (Wildman–Crippen MR) is 53.7 cm³/mol. The van der Waals surface area contributed by atoms with Crippen molar-refractivity contribution in [2.75, 3.05) is 12.3 Å². The number of fused-ring (bicyclic) bond motifs is 1. The Kier molecular flexibility index (Phi) is 2.69. The van der Waals surface area contributed by atoms with E-state index in [0.717, 1.165) is 0 Å². The first-order chi connectivity index (χ1) is 6.83. The van der Waals surface area contributed by atoms with E-state index in [2.05, 4.69) is 5.16 Å². The molecule has 1 aromatic heterocycles. The second-order valence-corrected chi connectivity index (χ2v) is 3.82. The maximum Gasteiger partial charge on any atom is 0.171 e. The van der Waals surface area contributed by atoms with Crippen molar-refractivity contribution in [1.82, 2.24) is 5.16 Å². The summed E-state index contributed by atoms with van der Waals surface area (Å²) in [7, 11) is 0. The van der Waals surface area contributed by atoms with E-state index in [1.807, 2.05) is 0 Å². The topological polar surface area (TPSA) is 52.0 Å². The molecule has 0 unspecified atom stereocenters. The van der Waals surface area contributed by atoms with Crippen LogP contribution in [0.15, 0.2) is 27.7 Å². The van der Waals surface area contributed by atoms with Gasteiger partial charge in [0.25, 0.3) is 0 Å². The predicted octanol–water partition coefficient (Wildman–Crippen LogP) is 2.02. The summed E-state index contributed by atoms with van der Waals surface area (Å²) in [6, 6.07) is 4.68. The first-order valence-electron chi connectivity index (χ1n) is 4.19. The number of hydrogen-bond acceptors (Lipinski definition) is 4. The maximum atomic E-state index is 13.4. The van der Waals surface area contributed by atoms with Crippen LogP contribution in [0.1, 0.15) is 0 Å². The fourth-order valence-electron chi connectivity index (χ4n) is 1.18. The van der Waals surface area contributed by atoms with Crippen LogP contribution in [0.4, 0.5) is 4.39 Å². The third-order valence-corrected chi connectivity index (χ3v) is 2.76. The minimum atomic E-state index is -0.303. The average Bonchev–Trinajstić information content (AvgIpc) is 2.59. The zero-order valence-electron chi connectivity index (χ0n) is 7.37. The molecule has 3 nitrogen and oxygen atoms in total. The number of rotatable bonds is 3. The molecular formula is C9H9FN2OS. The Morgan fingerprint density at radius 2 is 2.36 bits per heavy atom. The molecule has 0 aliphatic carbocycles. The number of thioether (sulfide) groups is 1. The summed E-state index contributed by atoms with van der Waals surface area (Å²) >= 11 is 1.40. The number of aromatic nitrogens is 1. The van der Waals surface area contributed by atoms with Gasteiger partial charge in [0.05, 0.1) is 5.39 Å². The summed E-state index contributed by atoms with van der Waals surface area (Å²) in [6.45, 7) is 0.535. The first kappa shape index (κ1) is 9.48. The minimum Gasteiger partial charge on any atom is -0.355 e. The van der Waals surface area contributed by atoms with Crippen LogP contribution in [0.2, 0.25) is 0 Å². The van der Waals surface area contributed by atoms with Crippen LogP contribution in [-0.4, -0.2) is 17.5 Å². The van der Waals surface area contributed by atoms with Gasteiger partial charge >= 0.3 is 0 Å². The summed E-state index contributed by atoms with van der Waals surface area (Å²) in [6.07, 6.45) is 0. The molecule has 0 saturated carbocycles. The molecule has 0 fully saturated rings. The number of nitrogens with two attached hydrogens (primary N) is 1. The molecule has 14 heavy (non-hydrogen) atoms. The van der Waals surface area contributed by atoms with Crippen LogP contribution in [0.25, 0.3) is 11.0 Å². The summed E-state index contributed by atoms with van der Waals surface area (Å²) in [5.74, 6) is 0.402. The molecule has 0 spiro atoms. The molecule has 0 aliphatic rings. The lowest BCUT2D eigenvalue weighted by atomic mass is 10.2. The quantitative estimate of drug-likeness (QED) is 0.791. The normalized spacial score (nSPS) is 11.0. The molecule has 0 amide bonds. The first-order valence-corrected chi connectivity index (χ1v) is 5.18. The molecule has 0 radical (unpaired) electrons. The Hall–Kier alpha value is -1.07. The third kappa shape index (κ3) is 1.60. The van der Waals surface area contributed by atoms with Gasteiger partial charge in [0.15, 0.2) is 10.6 Å². The van der Waals surface area contributed by atoms with Crippen molar-refractivity contribution >= 4 is 22.7 Å². The van der Waals surface area contributed by atoms with Crippen LogP contribution in [0, 0.1) is 5.82 Å². The molecule has 0 atom stereocenters. The highest BCUT2D eigenvalue weighted by atomic mass is 32.2. The van der Waals surface area contributed by atoms with E-state index < -0.39 is 0 Å². The Bertz CT molecular complexity index is 443. The van der Waals surface area contributed by atoms with Crippen molar-refractivity contribution in [3.63, 3.8) is 0 Å². The summed E-state index contributed by atoms with van der Waals surface area (Å²) in [5, 5.41) is 4.81. The van der Waals surface area contributed by atoms with Crippen LogP contribution >= 0.6 is 11.8 Å². The Labute approximate surface area is 84.4 Å². The SMILES string of the molecule is NCCSc1noc2cccc(F)c12.